The van der Waals surface area contributed by atoms with Crippen LogP contribution in [0.1, 0.15) is 26.7 Å². The van der Waals surface area contributed by atoms with E-state index in [1.165, 1.54) is 0 Å². The molecule has 0 aromatic carbocycles. The molecule has 0 saturated carbocycles. The van der Waals surface area contributed by atoms with Crippen molar-refractivity contribution in [1.29, 1.82) is 5.26 Å². The molecule has 2 nitrogen and oxygen atoms in total. The Kier molecular flexibility index (Phi) is 8.27. The van der Waals surface area contributed by atoms with Crippen LogP contribution in [0.15, 0.2) is 0 Å². The number of nitriles is 1. The van der Waals surface area contributed by atoms with Crippen LogP contribution >= 0.6 is 12.6 Å². The highest BCUT2D eigenvalue weighted by molar-refractivity contribution is 7.80. The van der Waals surface area contributed by atoms with Crippen LogP contribution in [-0.2, 0) is 0 Å². The fraction of sp³-hybridized carbons (Fsp3) is 0.900. The molecule has 0 aromatic rings. The lowest BCUT2D eigenvalue weighted by molar-refractivity contribution is 0.250. The zero-order valence-corrected chi connectivity index (χ0v) is 9.56. The van der Waals surface area contributed by atoms with Crippen molar-refractivity contribution in [2.24, 2.45) is 5.92 Å². The van der Waals surface area contributed by atoms with Crippen LogP contribution in [0, 0.1) is 17.2 Å². The fourth-order valence-electron chi connectivity index (χ4n) is 1.31. The van der Waals surface area contributed by atoms with Crippen molar-refractivity contribution < 1.29 is 0 Å². The van der Waals surface area contributed by atoms with Gasteiger partial charge in [0.25, 0.3) is 0 Å². The SMILES string of the molecule is CC(C)CN(CCC#N)CCCS. The van der Waals surface area contributed by atoms with Crippen molar-refractivity contribution in [2.45, 2.75) is 26.7 Å². The number of rotatable bonds is 7. The molecule has 0 spiro atoms. The maximum Gasteiger partial charge on any atom is 0.0635 e. The quantitative estimate of drug-likeness (QED) is 0.638. The molecule has 0 unspecified atom stereocenters. The topological polar surface area (TPSA) is 27.0 Å². The molecule has 0 fully saturated rings. The van der Waals surface area contributed by atoms with Gasteiger partial charge in [-0.05, 0) is 24.6 Å². The summed E-state index contributed by atoms with van der Waals surface area (Å²) in [6, 6.07) is 2.19. The fourth-order valence-corrected chi connectivity index (χ4v) is 1.45. The molecule has 0 aliphatic heterocycles. The van der Waals surface area contributed by atoms with Gasteiger partial charge in [0.05, 0.1) is 6.07 Å². The highest BCUT2D eigenvalue weighted by Crippen LogP contribution is 2.01. The van der Waals surface area contributed by atoms with Gasteiger partial charge in [-0.3, -0.25) is 0 Å². The molecule has 0 aliphatic rings. The summed E-state index contributed by atoms with van der Waals surface area (Å²) in [5.41, 5.74) is 0. The normalized spacial score (nSPS) is 10.8. The van der Waals surface area contributed by atoms with E-state index in [9.17, 15) is 0 Å². The second kappa shape index (κ2) is 8.40. The second-order valence-electron chi connectivity index (χ2n) is 3.68. The monoisotopic (exact) mass is 200 g/mol. The predicted molar refractivity (Wildman–Crippen MR) is 60.0 cm³/mol. The first-order valence-corrected chi connectivity index (χ1v) is 5.54. The molecule has 0 bridgehead atoms. The molecule has 13 heavy (non-hydrogen) atoms. The Balaban J connectivity index is 3.67. The Bertz CT molecular complexity index is 151. The van der Waals surface area contributed by atoms with E-state index >= 15 is 0 Å². The van der Waals surface area contributed by atoms with Gasteiger partial charge in [-0.1, -0.05) is 13.8 Å². The minimum Gasteiger partial charge on any atom is -0.302 e. The summed E-state index contributed by atoms with van der Waals surface area (Å²) in [6.45, 7) is 7.49. The molecule has 0 saturated heterocycles. The molecule has 0 radical (unpaired) electrons. The predicted octanol–water partition coefficient (Wildman–Crippen LogP) is 2.18. The molecular weight excluding hydrogens is 180 g/mol. The van der Waals surface area contributed by atoms with E-state index < -0.39 is 0 Å². The largest absolute Gasteiger partial charge is 0.302 e. The Morgan fingerprint density at radius 3 is 2.54 bits per heavy atom. The molecule has 0 aliphatic carbocycles. The molecule has 0 rings (SSSR count). The van der Waals surface area contributed by atoms with E-state index in [-0.39, 0.29) is 0 Å². The van der Waals surface area contributed by atoms with Gasteiger partial charge in [-0.15, -0.1) is 0 Å². The van der Waals surface area contributed by atoms with Crippen LogP contribution in [-0.4, -0.2) is 30.3 Å². The van der Waals surface area contributed by atoms with E-state index in [2.05, 4.69) is 37.4 Å². The Labute approximate surface area is 87.3 Å². The molecule has 0 aromatic heterocycles. The third-order valence-corrected chi connectivity index (χ3v) is 2.11. The second-order valence-corrected chi connectivity index (χ2v) is 4.13. The summed E-state index contributed by atoms with van der Waals surface area (Å²) in [5.74, 6) is 1.61. The van der Waals surface area contributed by atoms with E-state index in [4.69, 9.17) is 5.26 Å². The van der Waals surface area contributed by atoms with Gasteiger partial charge < -0.3 is 4.90 Å². The van der Waals surface area contributed by atoms with Gasteiger partial charge in [0.1, 0.15) is 0 Å². The number of nitrogens with zero attached hydrogens (tertiary/aromatic N) is 2. The van der Waals surface area contributed by atoms with E-state index in [0.717, 1.165) is 31.8 Å². The summed E-state index contributed by atoms with van der Waals surface area (Å²) < 4.78 is 0. The van der Waals surface area contributed by atoms with Gasteiger partial charge >= 0.3 is 0 Å². The van der Waals surface area contributed by atoms with Crippen molar-refractivity contribution >= 4 is 12.6 Å². The Morgan fingerprint density at radius 2 is 2.08 bits per heavy atom. The maximum absolute atomic E-state index is 8.48. The van der Waals surface area contributed by atoms with Crippen molar-refractivity contribution in [3.63, 3.8) is 0 Å². The van der Waals surface area contributed by atoms with Crippen molar-refractivity contribution in [3.8, 4) is 6.07 Å². The third-order valence-electron chi connectivity index (χ3n) is 1.80. The van der Waals surface area contributed by atoms with Gasteiger partial charge in [0.2, 0.25) is 0 Å². The molecular formula is C10H20N2S. The average Bonchev–Trinajstić information content (AvgIpc) is 2.09. The van der Waals surface area contributed by atoms with Crippen LogP contribution in [0.3, 0.4) is 0 Å². The summed E-state index contributed by atoms with van der Waals surface area (Å²) in [6.07, 6.45) is 1.75. The van der Waals surface area contributed by atoms with Crippen LogP contribution in [0.2, 0.25) is 0 Å². The zero-order chi connectivity index (χ0) is 10.1. The number of hydrogen-bond acceptors (Lipinski definition) is 3. The average molecular weight is 200 g/mol. The first-order chi connectivity index (χ1) is 6.20. The summed E-state index contributed by atoms with van der Waals surface area (Å²) in [7, 11) is 0. The summed E-state index contributed by atoms with van der Waals surface area (Å²) in [4.78, 5) is 2.35. The van der Waals surface area contributed by atoms with Crippen LogP contribution in [0.25, 0.3) is 0 Å². The van der Waals surface area contributed by atoms with Crippen LogP contribution in [0.4, 0.5) is 0 Å². The van der Waals surface area contributed by atoms with E-state index in [1.807, 2.05) is 0 Å². The standard InChI is InChI=1S/C10H20N2S/c1-10(2)9-12(6-3-5-11)7-4-8-13/h10,13H,3-4,6-9H2,1-2H3. The molecule has 0 amide bonds. The smallest absolute Gasteiger partial charge is 0.0635 e. The zero-order valence-electron chi connectivity index (χ0n) is 8.66. The van der Waals surface area contributed by atoms with Gasteiger partial charge in [-0.25, -0.2) is 0 Å². The number of hydrogen-bond donors (Lipinski definition) is 1. The molecule has 0 atom stereocenters. The van der Waals surface area contributed by atoms with Crippen LogP contribution in [0.5, 0.6) is 0 Å². The highest BCUT2D eigenvalue weighted by atomic mass is 32.1. The first kappa shape index (κ1) is 12.8. The third kappa shape index (κ3) is 8.14. The van der Waals surface area contributed by atoms with Crippen molar-refractivity contribution in [1.82, 2.24) is 4.90 Å². The van der Waals surface area contributed by atoms with Gasteiger partial charge in [-0.2, -0.15) is 17.9 Å². The van der Waals surface area contributed by atoms with Crippen molar-refractivity contribution in [2.75, 3.05) is 25.4 Å². The minimum absolute atomic E-state index is 0.638. The van der Waals surface area contributed by atoms with Gasteiger partial charge in [0, 0.05) is 19.5 Å². The number of thiol groups is 1. The first-order valence-electron chi connectivity index (χ1n) is 4.91. The molecule has 0 heterocycles. The van der Waals surface area contributed by atoms with Crippen molar-refractivity contribution in [3.05, 3.63) is 0 Å². The molecule has 76 valence electrons. The van der Waals surface area contributed by atoms with Gasteiger partial charge in [0.15, 0.2) is 0 Å². The Hall–Kier alpha value is -0.200. The Morgan fingerprint density at radius 1 is 1.38 bits per heavy atom. The van der Waals surface area contributed by atoms with E-state index in [1.54, 1.807) is 0 Å². The lowest BCUT2D eigenvalue weighted by atomic mass is 10.2. The lowest BCUT2D eigenvalue weighted by Gasteiger charge is -2.22. The molecule has 3 heteroatoms. The summed E-state index contributed by atoms with van der Waals surface area (Å²) in [5, 5.41) is 8.48. The summed E-state index contributed by atoms with van der Waals surface area (Å²) >= 11 is 4.19. The minimum atomic E-state index is 0.638. The van der Waals surface area contributed by atoms with Crippen LogP contribution < -0.4 is 0 Å². The highest BCUT2D eigenvalue weighted by Gasteiger charge is 2.05. The maximum atomic E-state index is 8.48. The molecule has 0 N–H and O–H groups in total. The van der Waals surface area contributed by atoms with E-state index in [0.29, 0.717) is 12.3 Å². The lowest BCUT2D eigenvalue weighted by Crippen LogP contribution is -2.30.